The van der Waals surface area contributed by atoms with Crippen LogP contribution < -0.4 is 10.2 Å². The molecule has 0 unspecified atom stereocenters. The maximum Gasteiger partial charge on any atom is 0.270 e. The van der Waals surface area contributed by atoms with E-state index in [1.54, 1.807) is 0 Å². The Kier molecular flexibility index (Phi) is 5.23. The number of nitrogens with one attached hydrogen (secondary N) is 1. The third-order valence-corrected chi connectivity index (χ3v) is 4.83. The van der Waals surface area contributed by atoms with Gasteiger partial charge in [-0.2, -0.15) is 0 Å². The zero-order chi connectivity index (χ0) is 17.1. The molecular formula is C18H26N2O4. The fraction of sp³-hybridized carbons (Fsp3) is 0.667. The van der Waals surface area contributed by atoms with Gasteiger partial charge in [-0.15, -0.1) is 0 Å². The summed E-state index contributed by atoms with van der Waals surface area (Å²) in [4.78, 5) is 29.4. The van der Waals surface area contributed by atoms with Gasteiger partial charge in [-0.05, 0) is 25.2 Å². The van der Waals surface area contributed by atoms with Crippen LogP contribution in [-0.2, 0) is 4.74 Å². The van der Waals surface area contributed by atoms with Crippen LogP contribution in [0, 0.1) is 5.92 Å². The number of aromatic amines is 1. The Balaban J connectivity index is 1.74. The third-order valence-electron chi connectivity index (χ3n) is 4.83. The van der Waals surface area contributed by atoms with Crippen LogP contribution in [-0.4, -0.2) is 48.2 Å². The Morgan fingerprint density at radius 3 is 2.83 bits per heavy atom. The molecule has 2 fully saturated rings. The predicted molar refractivity (Wildman–Crippen MR) is 90.4 cm³/mol. The standard InChI is InChI=1S/C18H26N2O4/c1-3-4-5-13-10-20(11-17(24-13)12-6-7-12)18(22)14-8-15(21)16(23-2)9-19-14/h8-9,12-13,17H,3-7,10-11H2,1-2H3,(H,19,21)/t13-,17-/m1/s1. The lowest BCUT2D eigenvalue weighted by Gasteiger charge is -2.38. The van der Waals surface area contributed by atoms with Crippen LogP contribution in [0.1, 0.15) is 49.5 Å². The third kappa shape index (κ3) is 3.80. The van der Waals surface area contributed by atoms with Crippen LogP contribution in [0.3, 0.4) is 0 Å². The lowest BCUT2D eigenvalue weighted by Crippen LogP contribution is -2.51. The summed E-state index contributed by atoms with van der Waals surface area (Å²) in [6, 6.07) is 1.32. The van der Waals surface area contributed by atoms with E-state index in [4.69, 9.17) is 9.47 Å². The van der Waals surface area contributed by atoms with E-state index in [1.807, 2.05) is 4.90 Å². The minimum atomic E-state index is -0.283. The molecule has 1 N–H and O–H groups in total. The topological polar surface area (TPSA) is 71.6 Å². The van der Waals surface area contributed by atoms with Crippen LogP contribution in [0.5, 0.6) is 5.75 Å². The first-order valence-electron chi connectivity index (χ1n) is 8.83. The molecule has 1 aromatic heterocycles. The van der Waals surface area contributed by atoms with Gasteiger partial charge in [-0.1, -0.05) is 19.8 Å². The Morgan fingerprint density at radius 2 is 2.21 bits per heavy atom. The number of H-pyrrole nitrogens is 1. The molecule has 1 saturated heterocycles. The Labute approximate surface area is 142 Å². The second-order valence-corrected chi connectivity index (χ2v) is 6.77. The number of rotatable bonds is 6. The van der Waals surface area contributed by atoms with Crippen LogP contribution in [0.15, 0.2) is 17.1 Å². The second-order valence-electron chi connectivity index (χ2n) is 6.77. The first kappa shape index (κ1) is 17.0. The summed E-state index contributed by atoms with van der Waals surface area (Å²) >= 11 is 0. The molecule has 6 heteroatoms. The number of hydrogen-bond donors (Lipinski definition) is 1. The average molecular weight is 334 g/mol. The highest BCUT2D eigenvalue weighted by atomic mass is 16.5. The van der Waals surface area contributed by atoms with Crippen LogP contribution in [0.25, 0.3) is 0 Å². The molecule has 1 amide bonds. The highest BCUT2D eigenvalue weighted by molar-refractivity contribution is 5.92. The van der Waals surface area contributed by atoms with E-state index < -0.39 is 0 Å². The lowest BCUT2D eigenvalue weighted by atomic mass is 10.1. The molecule has 0 radical (unpaired) electrons. The minimum Gasteiger partial charge on any atom is -0.491 e. The summed E-state index contributed by atoms with van der Waals surface area (Å²) < 4.78 is 11.2. The fourth-order valence-electron chi connectivity index (χ4n) is 3.27. The summed E-state index contributed by atoms with van der Waals surface area (Å²) in [5.74, 6) is 0.662. The maximum atomic E-state index is 12.8. The molecule has 1 saturated carbocycles. The number of amides is 1. The number of unbranched alkanes of at least 4 members (excludes halogenated alkanes) is 1. The molecule has 132 valence electrons. The predicted octanol–water partition coefficient (Wildman–Crippen LogP) is 2.19. The van der Waals surface area contributed by atoms with Crippen LogP contribution in [0.4, 0.5) is 0 Å². The number of aromatic nitrogens is 1. The highest BCUT2D eigenvalue weighted by Gasteiger charge is 2.39. The van der Waals surface area contributed by atoms with Crippen molar-refractivity contribution in [3.05, 3.63) is 28.2 Å². The van der Waals surface area contributed by atoms with Crippen molar-refractivity contribution in [2.75, 3.05) is 20.2 Å². The first-order valence-corrected chi connectivity index (χ1v) is 8.83. The molecule has 0 aromatic carbocycles. The largest absolute Gasteiger partial charge is 0.491 e. The van der Waals surface area contributed by atoms with E-state index in [0.29, 0.717) is 24.7 Å². The minimum absolute atomic E-state index is 0.0956. The molecule has 3 rings (SSSR count). The molecule has 24 heavy (non-hydrogen) atoms. The fourth-order valence-corrected chi connectivity index (χ4v) is 3.27. The summed E-state index contributed by atoms with van der Waals surface area (Å²) in [6.45, 7) is 3.36. The number of morpholine rings is 1. The molecule has 1 aromatic rings. The van der Waals surface area contributed by atoms with E-state index in [-0.39, 0.29) is 29.3 Å². The summed E-state index contributed by atoms with van der Waals surface area (Å²) in [5, 5.41) is 0. The number of ether oxygens (including phenoxy) is 2. The van der Waals surface area contributed by atoms with Crippen molar-refractivity contribution in [1.82, 2.24) is 9.88 Å². The number of carbonyl (C=O) groups excluding carboxylic acids is 1. The zero-order valence-corrected chi connectivity index (χ0v) is 14.4. The van der Waals surface area contributed by atoms with Gasteiger partial charge in [0, 0.05) is 25.4 Å². The van der Waals surface area contributed by atoms with E-state index in [2.05, 4.69) is 11.9 Å². The van der Waals surface area contributed by atoms with Crippen LogP contribution >= 0.6 is 0 Å². The van der Waals surface area contributed by atoms with Crippen molar-refractivity contribution < 1.29 is 14.3 Å². The van der Waals surface area contributed by atoms with E-state index in [9.17, 15) is 9.59 Å². The molecule has 2 atom stereocenters. The maximum absolute atomic E-state index is 12.8. The van der Waals surface area contributed by atoms with Crippen molar-refractivity contribution in [1.29, 1.82) is 0 Å². The Bertz CT molecular complexity index is 638. The molecule has 1 aliphatic carbocycles. The van der Waals surface area contributed by atoms with E-state index >= 15 is 0 Å². The second kappa shape index (κ2) is 7.38. The molecule has 2 heterocycles. The molecule has 0 bridgehead atoms. The number of nitrogens with zero attached hydrogens (tertiary/aromatic N) is 1. The van der Waals surface area contributed by atoms with Gasteiger partial charge >= 0.3 is 0 Å². The van der Waals surface area contributed by atoms with Crippen molar-refractivity contribution in [3.63, 3.8) is 0 Å². The quantitative estimate of drug-likeness (QED) is 0.866. The van der Waals surface area contributed by atoms with E-state index in [1.165, 1.54) is 32.2 Å². The Morgan fingerprint density at radius 1 is 1.42 bits per heavy atom. The van der Waals surface area contributed by atoms with Crippen molar-refractivity contribution in [2.45, 2.75) is 51.2 Å². The van der Waals surface area contributed by atoms with Gasteiger partial charge in [0.15, 0.2) is 5.75 Å². The summed E-state index contributed by atoms with van der Waals surface area (Å²) in [5.41, 5.74) is 0.0284. The first-order chi connectivity index (χ1) is 11.6. The molecular weight excluding hydrogens is 308 g/mol. The Hall–Kier alpha value is -1.82. The van der Waals surface area contributed by atoms with Crippen molar-refractivity contribution in [3.8, 4) is 5.75 Å². The number of hydrogen-bond acceptors (Lipinski definition) is 4. The average Bonchev–Trinajstić information content (AvgIpc) is 3.44. The van der Waals surface area contributed by atoms with E-state index in [0.717, 1.165) is 19.3 Å². The lowest BCUT2D eigenvalue weighted by molar-refractivity contribution is -0.0875. The van der Waals surface area contributed by atoms with Crippen LogP contribution in [0.2, 0.25) is 0 Å². The van der Waals surface area contributed by atoms with Gasteiger partial charge < -0.3 is 19.4 Å². The number of pyridine rings is 1. The summed E-state index contributed by atoms with van der Waals surface area (Å²) in [7, 11) is 1.44. The number of methoxy groups -OCH3 is 1. The monoisotopic (exact) mass is 334 g/mol. The molecule has 0 spiro atoms. The zero-order valence-electron chi connectivity index (χ0n) is 14.4. The molecule has 6 nitrogen and oxygen atoms in total. The number of carbonyl (C=O) groups is 1. The smallest absolute Gasteiger partial charge is 0.270 e. The SMILES string of the molecule is CCCC[C@@H]1CN(C(=O)c2cc(=O)c(OC)c[nH]2)C[C@H](C2CC2)O1. The van der Waals surface area contributed by atoms with Gasteiger partial charge in [0.2, 0.25) is 5.43 Å². The molecule has 1 aliphatic heterocycles. The van der Waals surface area contributed by atoms with Gasteiger partial charge in [0.1, 0.15) is 5.69 Å². The van der Waals surface area contributed by atoms with Gasteiger partial charge in [0.25, 0.3) is 5.91 Å². The summed E-state index contributed by atoms with van der Waals surface area (Å²) in [6.07, 6.45) is 7.25. The van der Waals surface area contributed by atoms with Crippen molar-refractivity contribution >= 4 is 5.91 Å². The highest BCUT2D eigenvalue weighted by Crippen LogP contribution is 2.37. The van der Waals surface area contributed by atoms with Gasteiger partial charge in [-0.3, -0.25) is 9.59 Å². The van der Waals surface area contributed by atoms with Gasteiger partial charge in [-0.25, -0.2) is 0 Å². The van der Waals surface area contributed by atoms with Gasteiger partial charge in [0.05, 0.1) is 19.3 Å². The normalized spacial score (nSPS) is 24.0. The van der Waals surface area contributed by atoms with Crippen molar-refractivity contribution in [2.24, 2.45) is 5.92 Å². The molecule has 2 aliphatic rings.